The zero-order valence-corrected chi connectivity index (χ0v) is 9.63. The molecule has 1 aliphatic carbocycles. The molecule has 0 bridgehead atoms. The summed E-state index contributed by atoms with van der Waals surface area (Å²) in [6.45, 7) is 0. The van der Waals surface area contributed by atoms with Crippen molar-refractivity contribution in [2.24, 2.45) is 5.73 Å². The average Bonchev–Trinajstić information content (AvgIpc) is 2.41. The van der Waals surface area contributed by atoms with Crippen LogP contribution in [0.5, 0.6) is 0 Å². The highest BCUT2D eigenvalue weighted by molar-refractivity contribution is 6.35. The molecule has 1 aliphatic rings. The summed E-state index contributed by atoms with van der Waals surface area (Å²) in [5, 5.41) is 10.6. The number of halogens is 2. The molecule has 0 fully saturated rings. The molecule has 0 aromatic heterocycles. The van der Waals surface area contributed by atoms with Gasteiger partial charge in [-0.1, -0.05) is 23.2 Å². The molecule has 2 rings (SSSR count). The van der Waals surface area contributed by atoms with E-state index in [1.54, 1.807) is 6.07 Å². The van der Waals surface area contributed by atoms with Gasteiger partial charge >= 0.3 is 6.09 Å². The number of benzene rings is 1. The van der Waals surface area contributed by atoms with Crippen LogP contribution >= 0.6 is 23.2 Å². The second-order valence-electron chi connectivity index (χ2n) is 3.59. The van der Waals surface area contributed by atoms with E-state index in [9.17, 15) is 9.90 Å². The van der Waals surface area contributed by atoms with E-state index < -0.39 is 18.3 Å². The summed E-state index contributed by atoms with van der Waals surface area (Å²) in [7, 11) is 0. The molecule has 16 heavy (non-hydrogen) atoms. The van der Waals surface area contributed by atoms with Crippen molar-refractivity contribution >= 4 is 29.3 Å². The molecule has 4 nitrogen and oxygen atoms in total. The molecular formula is C10H9Cl2NO3. The molecule has 0 radical (unpaired) electrons. The Balaban J connectivity index is 2.43. The lowest BCUT2D eigenvalue weighted by Gasteiger charge is -2.16. The van der Waals surface area contributed by atoms with Crippen molar-refractivity contribution in [3.8, 4) is 0 Å². The summed E-state index contributed by atoms with van der Waals surface area (Å²) in [6.07, 6.45) is -2.24. The maximum atomic E-state index is 10.7. The van der Waals surface area contributed by atoms with Crippen LogP contribution in [0.3, 0.4) is 0 Å². The molecule has 0 aliphatic heterocycles. The van der Waals surface area contributed by atoms with Gasteiger partial charge in [0.2, 0.25) is 0 Å². The van der Waals surface area contributed by atoms with E-state index in [4.69, 9.17) is 33.7 Å². The molecule has 1 aromatic rings. The monoisotopic (exact) mass is 261 g/mol. The van der Waals surface area contributed by atoms with Crippen LogP contribution in [0.1, 0.15) is 17.2 Å². The number of aliphatic hydroxyl groups is 1. The third-order valence-corrected chi connectivity index (χ3v) is 3.02. The number of primary amides is 1. The van der Waals surface area contributed by atoms with Crippen LogP contribution < -0.4 is 5.73 Å². The van der Waals surface area contributed by atoms with Gasteiger partial charge in [0, 0.05) is 22.0 Å². The number of fused-ring (bicyclic) bond motifs is 1. The van der Waals surface area contributed by atoms with E-state index in [1.807, 2.05) is 0 Å². The number of ether oxygens (including phenoxy) is 1. The van der Waals surface area contributed by atoms with E-state index in [0.29, 0.717) is 22.0 Å². The van der Waals surface area contributed by atoms with Gasteiger partial charge in [-0.25, -0.2) is 4.79 Å². The molecule has 0 unspecified atom stereocenters. The molecule has 1 aromatic carbocycles. The van der Waals surface area contributed by atoms with Crippen LogP contribution in [0.4, 0.5) is 4.79 Å². The third kappa shape index (κ3) is 1.96. The standard InChI is InChI=1S/C10H9Cl2NO3/c11-5-1-4-2-7(14)9(16-10(13)15)8(4)6(12)3-5/h1,3,7,9,14H,2H2,(H2,13,15)/t7-,9-/m1/s1. The fourth-order valence-electron chi connectivity index (χ4n) is 1.91. The number of rotatable bonds is 1. The number of carbonyl (C=O) groups excluding carboxylic acids is 1. The lowest BCUT2D eigenvalue weighted by molar-refractivity contribution is 0.0169. The van der Waals surface area contributed by atoms with Gasteiger partial charge in [0.25, 0.3) is 0 Å². The Labute approximate surface area is 102 Å². The van der Waals surface area contributed by atoms with Crippen molar-refractivity contribution in [1.29, 1.82) is 0 Å². The Kier molecular flexibility index (Phi) is 2.97. The van der Waals surface area contributed by atoms with Crippen LogP contribution in [-0.4, -0.2) is 17.3 Å². The fraction of sp³-hybridized carbons (Fsp3) is 0.300. The number of hydrogen-bond donors (Lipinski definition) is 2. The summed E-state index contributed by atoms with van der Waals surface area (Å²) >= 11 is 11.8. The first kappa shape index (κ1) is 11.5. The van der Waals surface area contributed by atoms with Gasteiger partial charge in [0.1, 0.15) is 0 Å². The summed E-state index contributed by atoms with van der Waals surface area (Å²) in [4.78, 5) is 10.7. The first-order chi connectivity index (χ1) is 7.49. The number of carbonyl (C=O) groups is 1. The van der Waals surface area contributed by atoms with E-state index in [-0.39, 0.29) is 0 Å². The maximum absolute atomic E-state index is 10.7. The van der Waals surface area contributed by atoms with Crippen LogP contribution in [-0.2, 0) is 11.2 Å². The molecule has 6 heteroatoms. The van der Waals surface area contributed by atoms with Crippen LogP contribution in [0.15, 0.2) is 12.1 Å². The highest BCUT2D eigenvalue weighted by Crippen LogP contribution is 2.40. The molecular weight excluding hydrogens is 253 g/mol. The first-order valence-corrected chi connectivity index (χ1v) is 5.36. The van der Waals surface area contributed by atoms with Crippen molar-refractivity contribution in [2.45, 2.75) is 18.6 Å². The van der Waals surface area contributed by atoms with Crippen molar-refractivity contribution in [3.63, 3.8) is 0 Å². The number of amides is 1. The molecule has 0 saturated heterocycles. The van der Waals surface area contributed by atoms with Gasteiger partial charge in [0.05, 0.1) is 6.10 Å². The average molecular weight is 262 g/mol. The number of aliphatic hydroxyl groups excluding tert-OH is 1. The molecule has 0 saturated carbocycles. The van der Waals surface area contributed by atoms with E-state index in [2.05, 4.69) is 0 Å². The maximum Gasteiger partial charge on any atom is 0.405 e. The summed E-state index contributed by atoms with van der Waals surface area (Å²) in [5.41, 5.74) is 6.29. The van der Waals surface area contributed by atoms with Crippen molar-refractivity contribution in [2.75, 3.05) is 0 Å². The van der Waals surface area contributed by atoms with E-state index in [0.717, 1.165) is 5.56 Å². The fourth-order valence-corrected chi connectivity index (χ4v) is 2.56. The topological polar surface area (TPSA) is 72.6 Å². The van der Waals surface area contributed by atoms with Gasteiger partial charge in [-0.05, 0) is 17.7 Å². The van der Waals surface area contributed by atoms with Crippen LogP contribution in [0, 0.1) is 0 Å². The molecule has 0 heterocycles. The minimum Gasteiger partial charge on any atom is -0.439 e. The lowest BCUT2D eigenvalue weighted by atomic mass is 10.1. The molecule has 3 N–H and O–H groups in total. The smallest absolute Gasteiger partial charge is 0.405 e. The number of hydrogen-bond acceptors (Lipinski definition) is 3. The molecule has 2 atom stereocenters. The van der Waals surface area contributed by atoms with Crippen molar-refractivity contribution in [3.05, 3.63) is 33.3 Å². The molecule has 0 spiro atoms. The highest BCUT2D eigenvalue weighted by atomic mass is 35.5. The minimum absolute atomic E-state index is 0.341. The van der Waals surface area contributed by atoms with Gasteiger partial charge < -0.3 is 15.6 Å². The van der Waals surface area contributed by atoms with Gasteiger partial charge in [-0.2, -0.15) is 0 Å². The Morgan fingerprint density at radius 3 is 2.81 bits per heavy atom. The van der Waals surface area contributed by atoms with E-state index in [1.165, 1.54) is 6.07 Å². The zero-order chi connectivity index (χ0) is 11.9. The largest absolute Gasteiger partial charge is 0.439 e. The van der Waals surface area contributed by atoms with Gasteiger partial charge in [-0.3, -0.25) is 0 Å². The zero-order valence-electron chi connectivity index (χ0n) is 8.11. The van der Waals surface area contributed by atoms with E-state index >= 15 is 0 Å². The van der Waals surface area contributed by atoms with Crippen molar-refractivity contribution in [1.82, 2.24) is 0 Å². The number of nitrogens with two attached hydrogens (primary N) is 1. The first-order valence-electron chi connectivity index (χ1n) is 4.61. The van der Waals surface area contributed by atoms with Crippen LogP contribution in [0.25, 0.3) is 0 Å². The van der Waals surface area contributed by atoms with Crippen LogP contribution in [0.2, 0.25) is 10.0 Å². The predicted molar refractivity (Wildman–Crippen MR) is 59.6 cm³/mol. The molecule has 86 valence electrons. The highest BCUT2D eigenvalue weighted by Gasteiger charge is 2.36. The normalized spacial score (nSPS) is 22.9. The van der Waals surface area contributed by atoms with Gasteiger partial charge in [0.15, 0.2) is 6.10 Å². The predicted octanol–water partition coefficient (Wildman–Crippen LogP) is 2.05. The lowest BCUT2D eigenvalue weighted by Crippen LogP contribution is -2.23. The SMILES string of the molecule is NC(=O)O[C@H]1c2c(Cl)cc(Cl)cc2C[C@H]1O. The third-order valence-electron chi connectivity index (χ3n) is 2.49. The minimum atomic E-state index is -0.942. The summed E-state index contributed by atoms with van der Waals surface area (Å²) in [5.74, 6) is 0. The Hall–Kier alpha value is -0.970. The second-order valence-corrected chi connectivity index (χ2v) is 4.43. The summed E-state index contributed by atoms with van der Waals surface area (Å²) in [6, 6.07) is 3.23. The quantitative estimate of drug-likeness (QED) is 0.813. The second kappa shape index (κ2) is 4.13. The molecule has 1 amide bonds. The summed E-state index contributed by atoms with van der Waals surface area (Å²) < 4.78 is 4.83. The Bertz CT molecular complexity index is 450. The Morgan fingerprint density at radius 1 is 1.50 bits per heavy atom. The van der Waals surface area contributed by atoms with Crippen molar-refractivity contribution < 1.29 is 14.6 Å². The van der Waals surface area contributed by atoms with Gasteiger partial charge in [-0.15, -0.1) is 0 Å². The Morgan fingerprint density at radius 2 is 2.19 bits per heavy atom.